The Morgan fingerprint density at radius 2 is 1.63 bits per heavy atom. The third-order valence-electron chi connectivity index (χ3n) is 5.88. The third kappa shape index (κ3) is 5.59. The monoisotopic (exact) mass is 439 g/mol. The molecule has 0 aromatic heterocycles. The van der Waals surface area contributed by atoms with Gasteiger partial charge in [0.05, 0.1) is 24.7 Å². The lowest BCUT2D eigenvalue weighted by Gasteiger charge is -2.35. The van der Waals surface area contributed by atoms with Gasteiger partial charge in [0.1, 0.15) is 0 Å². The van der Waals surface area contributed by atoms with Crippen molar-refractivity contribution in [1.82, 2.24) is 14.1 Å². The summed E-state index contributed by atoms with van der Waals surface area (Å²) in [4.78, 5) is 16.8. The normalized spacial score (nSPS) is 17.5. The maximum absolute atomic E-state index is 13.1. The number of carbonyl (C=O) groups is 1. The minimum absolute atomic E-state index is 0.0109. The van der Waals surface area contributed by atoms with Crippen LogP contribution in [-0.4, -0.2) is 102 Å². The zero-order chi connectivity index (χ0) is 21.6. The second kappa shape index (κ2) is 10.7. The van der Waals surface area contributed by atoms with E-state index < -0.39 is 10.0 Å². The highest BCUT2D eigenvalue weighted by Gasteiger charge is 2.31. The van der Waals surface area contributed by atoms with Crippen LogP contribution in [0.15, 0.2) is 23.1 Å². The Labute approximate surface area is 179 Å². The molecule has 8 nitrogen and oxygen atoms in total. The molecule has 1 heterocycles. The summed E-state index contributed by atoms with van der Waals surface area (Å²) in [7, 11) is -0.256. The fraction of sp³-hybridized carbons (Fsp3) is 0.667. The summed E-state index contributed by atoms with van der Waals surface area (Å²) in [6, 6.07) is 5.50. The molecule has 1 aliphatic carbocycles. The number of carbonyl (C=O) groups excluding carboxylic acids is 1. The summed E-state index contributed by atoms with van der Waals surface area (Å²) in [6.45, 7) is 4.13. The average Bonchev–Trinajstić information content (AvgIpc) is 3.23. The number of fused-ring (bicyclic) bond motifs is 1. The van der Waals surface area contributed by atoms with E-state index in [2.05, 4.69) is 0 Å². The van der Waals surface area contributed by atoms with E-state index >= 15 is 0 Å². The number of benzene rings is 1. The van der Waals surface area contributed by atoms with E-state index in [0.29, 0.717) is 57.4 Å². The molecule has 1 saturated heterocycles. The number of ether oxygens (including phenoxy) is 2. The van der Waals surface area contributed by atoms with Crippen molar-refractivity contribution in [1.29, 1.82) is 0 Å². The summed E-state index contributed by atoms with van der Waals surface area (Å²) in [5, 5.41) is 0. The van der Waals surface area contributed by atoms with Gasteiger partial charge < -0.3 is 14.4 Å². The standard InChI is InChI=1S/C21H33N3O5S/c1-28-14-12-22(13-15-29-2)17-21(25)23-8-10-24(11-9-23)30(26,27)20-7-6-18-4-3-5-19(18)16-20/h6-7,16H,3-5,8-15,17H2,1-2H3. The van der Waals surface area contributed by atoms with E-state index in [9.17, 15) is 13.2 Å². The predicted molar refractivity (Wildman–Crippen MR) is 114 cm³/mol. The Balaban J connectivity index is 1.56. The number of hydrogen-bond acceptors (Lipinski definition) is 6. The van der Waals surface area contributed by atoms with Crippen LogP contribution in [0, 0.1) is 0 Å². The fourth-order valence-corrected chi connectivity index (χ4v) is 5.51. The summed E-state index contributed by atoms with van der Waals surface area (Å²) < 4.78 is 37.9. The third-order valence-corrected chi connectivity index (χ3v) is 7.78. The molecule has 0 bridgehead atoms. The van der Waals surface area contributed by atoms with Gasteiger partial charge in [-0.25, -0.2) is 8.42 Å². The van der Waals surface area contributed by atoms with Crippen LogP contribution in [0.25, 0.3) is 0 Å². The lowest BCUT2D eigenvalue weighted by molar-refractivity contribution is -0.133. The minimum atomic E-state index is -3.53. The second-order valence-corrected chi connectivity index (χ2v) is 9.77. The van der Waals surface area contributed by atoms with Gasteiger partial charge in [0.25, 0.3) is 0 Å². The number of hydrogen-bond donors (Lipinski definition) is 0. The number of piperazine rings is 1. The fourth-order valence-electron chi connectivity index (χ4n) is 4.04. The van der Waals surface area contributed by atoms with Gasteiger partial charge >= 0.3 is 0 Å². The van der Waals surface area contributed by atoms with Crippen molar-refractivity contribution < 1.29 is 22.7 Å². The molecule has 30 heavy (non-hydrogen) atoms. The largest absolute Gasteiger partial charge is 0.383 e. The van der Waals surface area contributed by atoms with Gasteiger partial charge in [0.15, 0.2) is 0 Å². The number of sulfonamides is 1. The van der Waals surface area contributed by atoms with Gasteiger partial charge in [-0.05, 0) is 42.5 Å². The van der Waals surface area contributed by atoms with E-state index in [1.807, 2.05) is 17.0 Å². The van der Waals surface area contributed by atoms with Crippen LogP contribution in [0.5, 0.6) is 0 Å². The molecule has 1 aromatic carbocycles. The van der Waals surface area contributed by atoms with Gasteiger partial charge in [-0.1, -0.05) is 6.07 Å². The van der Waals surface area contributed by atoms with Crippen LogP contribution in [-0.2, 0) is 37.1 Å². The molecule has 0 unspecified atom stereocenters. The topological polar surface area (TPSA) is 79.4 Å². The van der Waals surface area contributed by atoms with Crippen LogP contribution in [0.3, 0.4) is 0 Å². The Kier molecular flexibility index (Phi) is 8.24. The SMILES string of the molecule is COCCN(CCOC)CC(=O)N1CCN(S(=O)(=O)c2ccc3c(c2)CCC3)CC1. The molecular formula is C21H33N3O5S. The molecule has 0 atom stereocenters. The Hall–Kier alpha value is -1.52. The van der Waals surface area contributed by atoms with E-state index in [4.69, 9.17) is 9.47 Å². The molecule has 0 saturated carbocycles. The molecule has 9 heteroatoms. The molecule has 1 aromatic rings. The van der Waals surface area contributed by atoms with Gasteiger partial charge in [0.2, 0.25) is 15.9 Å². The van der Waals surface area contributed by atoms with E-state index in [-0.39, 0.29) is 12.5 Å². The molecule has 2 aliphatic rings. The lowest BCUT2D eigenvalue weighted by Crippen LogP contribution is -2.52. The maximum Gasteiger partial charge on any atom is 0.243 e. The zero-order valence-corrected chi connectivity index (χ0v) is 18.8. The quantitative estimate of drug-likeness (QED) is 0.531. The first-order chi connectivity index (χ1) is 14.5. The van der Waals surface area contributed by atoms with Crippen LogP contribution >= 0.6 is 0 Å². The highest BCUT2D eigenvalue weighted by Crippen LogP contribution is 2.26. The van der Waals surface area contributed by atoms with Crippen molar-refractivity contribution >= 4 is 15.9 Å². The van der Waals surface area contributed by atoms with E-state index in [1.54, 1.807) is 25.2 Å². The number of methoxy groups -OCH3 is 2. The van der Waals surface area contributed by atoms with E-state index in [0.717, 1.165) is 24.8 Å². The first-order valence-electron chi connectivity index (χ1n) is 10.6. The smallest absolute Gasteiger partial charge is 0.243 e. The number of rotatable bonds is 10. The van der Waals surface area contributed by atoms with Gasteiger partial charge in [-0.15, -0.1) is 0 Å². The first kappa shape index (κ1) is 23.1. The van der Waals surface area contributed by atoms with Gasteiger partial charge in [0, 0.05) is 53.5 Å². The Bertz CT molecular complexity index is 814. The Morgan fingerprint density at radius 3 is 2.27 bits per heavy atom. The van der Waals surface area contributed by atoms with Crippen LogP contribution in [0.4, 0.5) is 0 Å². The van der Waals surface area contributed by atoms with Crippen LogP contribution in [0.1, 0.15) is 17.5 Å². The molecular weight excluding hydrogens is 406 g/mol. The van der Waals surface area contributed by atoms with Gasteiger partial charge in [-0.2, -0.15) is 4.31 Å². The Morgan fingerprint density at radius 1 is 1.00 bits per heavy atom. The van der Waals surface area contributed by atoms with Crippen molar-refractivity contribution in [3.8, 4) is 0 Å². The van der Waals surface area contributed by atoms with Crippen molar-refractivity contribution in [2.75, 3.05) is 73.2 Å². The first-order valence-corrected chi connectivity index (χ1v) is 12.0. The predicted octanol–water partition coefficient (Wildman–Crippen LogP) is 0.603. The van der Waals surface area contributed by atoms with E-state index in [1.165, 1.54) is 9.87 Å². The number of nitrogens with zero attached hydrogens (tertiary/aromatic N) is 3. The molecule has 0 spiro atoms. The van der Waals surface area contributed by atoms with Crippen molar-refractivity contribution in [2.24, 2.45) is 0 Å². The maximum atomic E-state index is 13.1. The average molecular weight is 440 g/mol. The summed E-state index contributed by atoms with van der Waals surface area (Å²) in [6.07, 6.45) is 3.07. The molecule has 168 valence electrons. The molecule has 1 amide bonds. The zero-order valence-electron chi connectivity index (χ0n) is 18.0. The highest BCUT2D eigenvalue weighted by atomic mass is 32.2. The van der Waals surface area contributed by atoms with Crippen molar-refractivity contribution in [2.45, 2.75) is 24.2 Å². The molecule has 0 radical (unpaired) electrons. The summed E-state index contributed by atoms with van der Waals surface area (Å²) in [5.41, 5.74) is 2.41. The molecule has 3 rings (SSSR count). The highest BCUT2D eigenvalue weighted by molar-refractivity contribution is 7.89. The van der Waals surface area contributed by atoms with Crippen LogP contribution < -0.4 is 0 Å². The van der Waals surface area contributed by atoms with Crippen molar-refractivity contribution in [3.63, 3.8) is 0 Å². The number of amides is 1. The molecule has 1 aliphatic heterocycles. The molecule has 1 fully saturated rings. The molecule has 0 N–H and O–H groups in total. The second-order valence-electron chi connectivity index (χ2n) is 7.83. The minimum Gasteiger partial charge on any atom is -0.383 e. The lowest BCUT2D eigenvalue weighted by atomic mass is 10.1. The van der Waals surface area contributed by atoms with Crippen molar-refractivity contribution in [3.05, 3.63) is 29.3 Å². The van der Waals surface area contributed by atoms with Crippen LogP contribution in [0.2, 0.25) is 0 Å². The number of aryl methyl sites for hydroxylation is 2. The summed E-state index contributed by atoms with van der Waals surface area (Å²) >= 11 is 0. The summed E-state index contributed by atoms with van der Waals surface area (Å²) in [5.74, 6) is 0.0109. The van der Waals surface area contributed by atoms with Gasteiger partial charge in [-0.3, -0.25) is 9.69 Å².